The fourth-order valence-electron chi connectivity index (χ4n) is 3.67. The second-order valence-corrected chi connectivity index (χ2v) is 7.94. The Labute approximate surface area is 213 Å². The van der Waals surface area contributed by atoms with Crippen molar-refractivity contribution < 1.29 is 28.7 Å². The molecule has 0 saturated carbocycles. The van der Waals surface area contributed by atoms with E-state index >= 15 is 0 Å². The number of amides is 1. The van der Waals surface area contributed by atoms with Gasteiger partial charge in [0.25, 0.3) is 11.7 Å². The quantitative estimate of drug-likeness (QED) is 0.136. The number of aromatic nitrogens is 4. The van der Waals surface area contributed by atoms with Crippen LogP contribution in [0.15, 0.2) is 30.9 Å². The van der Waals surface area contributed by atoms with E-state index in [0.717, 1.165) is 16.9 Å². The van der Waals surface area contributed by atoms with Crippen molar-refractivity contribution in [3.05, 3.63) is 47.5 Å². The SMILES string of the molecule is C=CCn1c(CNC(=O)c2nc(Cl)c(N)nc2N)[n+](CCOCCOCCO)c2ccc(OC)cc21. The number of methoxy groups -OCH3 is 1. The molecule has 1 amide bonds. The van der Waals surface area contributed by atoms with Crippen LogP contribution < -0.4 is 26.1 Å². The minimum atomic E-state index is -0.543. The molecule has 2 heterocycles. The minimum absolute atomic E-state index is 0.0307. The zero-order valence-electron chi connectivity index (χ0n) is 20.1. The summed E-state index contributed by atoms with van der Waals surface area (Å²) < 4.78 is 20.4. The summed E-state index contributed by atoms with van der Waals surface area (Å²) in [6.07, 6.45) is 1.77. The maximum absolute atomic E-state index is 12.9. The van der Waals surface area contributed by atoms with Gasteiger partial charge in [-0.05, 0) is 12.1 Å². The number of carbonyl (C=O) groups excluding carboxylic acids is 1. The van der Waals surface area contributed by atoms with E-state index in [-0.39, 0.29) is 42.2 Å². The van der Waals surface area contributed by atoms with E-state index in [9.17, 15) is 4.79 Å². The van der Waals surface area contributed by atoms with Crippen LogP contribution in [-0.2, 0) is 29.1 Å². The molecule has 0 aliphatic heterocycles. The van der Waals surface area contributed by atoms with E-state index in [1.165, 1.54) is 0 Å². The highest BCUT2D eigenvalue weighted by atomic mass is 35.5. The topological polar surface area (TPSA) is 164 Å². The van der Waals surface area contributed by atoms with Crippen LogP contribution in [0, 0.1) is 0 Å². The van der Waals surface area contributed by atoms with E-state index < -0.39 is 5.91 Å². The Morgan fingerprint density at radius 1 is 1.22 bits per heavy atom. The maximum Gasteiger partial charge on any atom is 0.277 e. The number of ether oxygens (including phenoxy) is 3. The van der Waals surface area contributed by atoms with Gasteiger partial charge in [0.2, 0.25) is 0 Å². The third-order valence-electron chi connectivity index (χ3n) is 5.29. The monoisotopic (exact) mass is 520 g/mol. The van der Waals surface area contributed by atoms with Gasteiger partial charge in [0.1, 0.15) is 25.4 Å². The Kier molecular flexibility index (Phi) is 9.82. The molecule has 0 spiro atoms. The highest BCUT2D eigenvalue weighted by Gasteiger charge is 2.26. The molecule has 0 fully saturated rings. The number of nitrogen functional groups attached to an aromatic ring is 2. The molecule has 6 N–H and O–H groups in total. The van der Waals surface area contributed by atoms with Crippen molar-refractivity contribution in [2.24, 2.45) is 0 Å². The van der Waals surface area contributed by atoms with Crippen molar-refractivity contribution in [1.82, 2.24) is 19.9 Å². The van der Waals surface area contributed by atoms with Crippen LogP contribution in [0.25, 0.3) is 11.0 Å². The highest BCUT2D eigenvalue weighted by molar-refractivity contribution is 6.31. The van der Waals surface area contributed by atoms with Gasteiger partial charge in [-0.25, -0.2) is 19.1 Å². The van der Waals surface area contributed by atoms with Crippen LogP contribution >= 0.6 is 11.6 Å². The first-order valence-corrected chi connectivity index (χ1v) is 11.6. The molecule has 0 radical (unpaired) electrons. The van der Waals surface area contributed by atoms with Crippen molar-refractivity contribution >= 4 is 40.2 Å². The van der Waals surface area contributed by atoms with E-state index in [0.29, 0.717) is 38.7 Å². The predicted molar refractivity (Wildman–Crippen MR) is 135 cm³/mol. The number of anilines is 2. The lowest BCUT2D eigenvalue weighted by molar-refractivity contribution is -0.681. The third-order valence-corrected chi connectivity index (χ3v) is 5.57. The van der Waals surface area contributed by atoms with Crippen molar-refractivity contribution in [2.45, 2.75) is 19.6 Å². The highest BCUT2D eigenvalue weighted by Crippen LogP contribution is 2.22. The van der Waals surface area contributed by atoms with Gasteiger partial charge >= 0.3 is 0 Å². The molecule has 2 aromatic heterocycles. The number of fused-ring (bicyclic) bond motifs is 1. The van der Waals surface area contributed by atoms with E-state index in [1.807, 2.05) is 22.8 Å². The molecule has 0 unspecified atom stereocenters. The number of carbonyl (C=O) groups is 1. The Bertz CT molecular complexity index is 1220. The predicted octanol–water partition coefficient (Wildman–Crippen LogP) is 0.687. The molecule has 0 aliphatic carbocycles. The Balaban J connectivity index is 1.88. The fraction of sp³-hybridized carbons (Fsp3) is 0.391. The summed E-state index contributed by atoms with van der Waals surface area (Å²) in [6, 6.07) is 5.75. The summed E-state index contributed by atoms with van der Waals surface area (Å²) in [5.41, 5.74) is 13.2. The second-order valence-electron chi connectivity index (χ2n) is 7.59. The Morgan fingerprint density at radius 3 is 2.67 bits per heavy atom. The first kappa shape index (κ1) is 27.1. The van der Waals surface area contributed by atoms with Gasteiger partial charge in [-0.1, -0.05) is 24.3 Å². The van der Waals surface area contributed by atoms with Gasteiger partial charge in [0.15, 0.2) is 33.5 Å². The van der Waals surface area contributed by atoms with Crippen molar-refractivity contribution in [3.8, 4) is 5.75 Å². The number of halogens is 1. The molecule has 3 rings (SSSR count). The van der Waals surface area contributed by atoms with E-state index in [4.69, 9.17) is 42.4 Å². The molecule has 0 atom stereocenters. The number of allylic oxidation sites excluding steroid dienone is 1. The van der Waals surface area contributed by atoms with Crippen molar-refractivity contribution in [1.29, 1.82) is 0 Å². The Hall–Kier alpha value is -3.45. The van der Waals surface area contributed by atoms with Gasteiger partial charge < -0.3 is 36.1 Å². The summed E-state index contributed by atoms with van der Waals surface area (Å²) >= 11 is 5.93. The van der Waals surface area contributed by atoms with Gasteiger partial charge in [-0.2, -0.15) is 0 Å². The summed E-state index contributed by atoms with van der Waals surface area (Å²) in [5.74, 6) is 0.782. The number of hydrogen-bond donors (Lipinski definition) is 4. The van der Waals surface area contributed by atoms with Crippen molar-refractivity contribution in [3.63, 3.8) is 0 Å². The maximum atomic E-state index is 12.9. The van der Waals surface area contributed by atoms with Crippen LogP contribution in [0.5, 0.6) is 5.75 Å². The lowest BCUT2D eigenvalue weighted by Crippen LogP contribution is -2.43. The second kappa shape index (κ2) is 13.0. The fourth-order valence-corrected chi connectivity index (χ4v) is 3.79. The zero-order valence-corrected chi connectivity index (χ0v) is 20.8. The molecule has 13 heteroatoms. The number of hydrogen-bond acceptors (Lipinski definition) is 9. The first-order valence-electron chi connectivity index (χ1n) is 11.2. The van der Waals surface area contributed by atoms with Gasteiger partial charge in [0, 0.05) is 6.07 Å². The van der Waals surface area contributed by atoms with Crippen LogP contribution in [0.3, 0.4) is 0 Å². The molecule has 0 aliphatic rings. The average molecular weight is 521 g/mol. The molecule has 1 aromatic carbocycles. The summed E-state index contributed by atoms with van der Waals surface area (Å²) in [7, 11) is 1.60. The number of nitrogens with two attached hydrogens (primary N) is 2. The molecule has 36 heavy (non-hydrogen) atoms. The van der Waals surface area contributed by atoms with Crippen LogP contribution in [0.2, 0.25) is 5.15 Å². The lowest BCUT2D eigenvalue weighted by Gasteiger charge is -2.09. The number of nitrogens with zero attached hydrogens (tertiary/aromatic N) is 4. The summed E-state index contributed by atoms with van der Waals surface area (Å²) in [5, 5.41) is 11.5. The number of nitrogens with one attached hydrogen (secondary N) is 1. The van der Waals surface area contributed by atoms with Crippen LogP contribution in [-0.4, -0.2) is 65.7 Å². The van der Waals surface area contributed by atoms with E-state index in [1.54, 1.807) is 13.2 Å². The largest absolute Gasteiger partial charge is 0.497 e. The molecular weight excluding hydrogens is 490 g/mol. The van der Waals surface area contributed by atoms with Gasteiger partial charge in [-0.3, -0.25) is 4.79 Å². The summed E-state index contributed by atoms with van der Waals surface area (Å²) in [4.78, 5) is 20.7. The van der Waals surface area contributed by atoms with Gasteiger partial charge in [-0.15, -0.1) is 0 Å². The number of benzene rings is 1. The molecular formula is C23H31ClN7O5+. The third kappa shape index (κ3) is 6.40. The molecule has 0 bridgehead atoms. The summed E-state index contributed by atoms with van der Waals surface area (Å²) in [6.45, 7) is 6.44. The van der Waals surface area contributed by atoms with Crippen molar-refractivity contribution in [2.75, 3.05) is 51.6 Å². The van der Waals surface area contributed by atoms with Crippen LogP contribution in [0.4, 0.5) is 11.6 Å². The first-order chi connectivity index (χ1) is 17.4. The smallest absolute Gasteiger partial charge is 0.277 e. The number of aliphatic hydroxyl groups excluding tert-OH is 1. The molecule has 194 valence electrons. The Morgan fingerprint density at radius 2 is 1.97 bits per heavy atom. The number of rotatable bonds is 14. The minimum Gasteiger partial charge on any atom is -0.497 e. The van der Waals surface area contributed by atoms with E-state index in [2.05, 4.69) is 26.4 Å². The number of imidazole rings is 1. The van der Waals surface area contributed by atoms with Crippen LogP contribution in [0.1, 0.15) is 16.3 Å². The molecule has 0 saturated heterocycles. The molecule has 3 aromatic rings. The number of aliphatic hydroxyl groups is 1. The zero-order chi connectivity index (χ0) is 26.1. The lowest BCUT2D eigenvalue weighted by atomic mass is 10.3. The normalized spacial score (nSPS) is 11.1. The van der Waals surface area contributed by atoms with Gasteiger partial charge in [0.05, 0.1) is 40.1 Å². The average Bonchev–Trinajstić information content (AvgIpc) is 3.15. The standard InChI is InChI=1S/C23H30ClN7O5/c1-3-6-30-17-13-15(34-2)4-5-16(17)31(7-9-35-11-12-36-10-8-32)18(30)14-27-23(33)19-21(25)29-22(26)20(24)28-19/h3-5,13,32H,1,6-12,14H2,2H3,(H4-,25,26,27,29,33)/p+1. The molecule has 12 nitrogen and oxygen atoms in total.